The summed E-state index contributed by atoms with van der Waals surface area (Å²) in [6.45, 7) is 1.18. The van der Waals surface area contributed by atoms with E-state index < -0.39 is 5.97 Å². The maximum atomic E-state index is 10.6. The number of nitrogens with two attached hydrogens (primary N) is 1. The number of aliphatic carboxylic acids is 1. The summed E-state index contributed by atoms with van der Waals surface area (Å²) in [6.07, 6.45) is 0.714. The molecular weight excluding hydrogens is 158 g/mol. The molecule has 5 heteroatoms. The summed E-state index contributed by atoms with van der Waals surface area (Å²) in [6, 6.07) is -0.0116. The number of hydrogen-bond donors (Lipinski definition) is 2. The molecule has 2 rings (SSSR count). The van der Waals surface area contributed by atoms with Gasteiger partial charge >= 0.3 is 5.97 Å². The summed E-state index contributed by atoms with van der Waals surface area (Å²) < 4.78 is 0. The van der Waals surface area contributed by atoms with E-state index in [4.69, 9.17) is 10.8 Å². The summed E-state index contributed by atoms with van der Waals surface area (Å²) in [4.78, 5) is 16.6. The standard InChI is InChI=1S/C7H11N3O2/c8-6-3-10-4(2-9-6)1-5(10)7(11)12/h4-5H,1-3H2,(H2,8,9)(H,11,12). The zero-order valence-corrected chi connectivity index (χ0v) is 6.60. The molecule has 2 atom stereocenters. The van der Waals surface area contributed by atoms with Gasteiger partial charge in [0.1, 0.15) is 11.9 Å². The molecule has 1 fully saturated rings. The van der Waals surface area contributed by atoms with Crippen molar-refractivity contribution in [2.75, 3.05) is 13.1 Å². The predicted molar refractivity (Wildman–Crippen MR) is 43.0 cm³/mol. The third kappa shape index (κ3) is 0.972. The molecule has 0 radical (unpaired) electrons. The smallest absolute Gasteiger partial charge is 0.321 e. The number of hydrogen-bond acceptors (Lipinski definition) is 4. The first-order valence-electron chi connectivity index (χ1n) is 3.96. The topological polar surface area (TPSA) is 78.9 Å². The zero-order chi connectivity index (χ0) is 8.72. The maximum absolute atomic E-state index is 10.6. The van der Waals surface area contributed by atoms with Gasteiger partial charge in [0, 0.05) is 6.04 Å². The summed E-state index contributed by atoms with van der Waals surface area (Å²) in [5, 5.41) is 8.74. The number of carboxylic acid groups (broad SMARTS) is 1. The Morgan fingerprint density at radius 3 is 3.17 bits per heavy atom. The van der Waals surface area contributed by atoms with Crippen LogP contribution in [0.1, 0.15) is 6.42 Å². The number of nitrogens with zero attached hydrogens (tertiary/aromatic N) is 2. The molecule has 0 aromatic rings. The largest absolute Gasteiger partial charge is 0.480 e. The minimum Gasteiger partial charge on any atom is -0.480 e. The van der Waals surface area contributed by atoms with Crippen LogP contribution in [-0.2, 0) is 4.79 Å². The summed E-state index contributed by atoms with van der Waals surface area (Å²) in [5.74, 6) is -0.196. The van der Waals surface area contributed by atoms with Crippen LogP contribution in [-0.4, -0.2) is 47.0 Å². The molecule has 5 nitrogen and oxygen atoms in total. The molecule has 0 spiro atoms. The Bertz CT molecular complexity index is 251. The lowest BCUT2D eigenvalue weighted by Gasteiger charge is -2.47. The number of carbonyl (C=O) groups is 1. The Kier molecular flexibility index (Phi) is 1.54. The molecule has 2 aliphatic rings. The van der Waals surface area contributed by atoms with Crippen LogP contribution < -0.4 is 5.73 Å². The van der Waals surface area contributed by atoms with Crippen molar-refractivity contribution in [3.8, 4) is 0 Å². The van der Waals surface area contributed by atoms with E-state index in [0.29, 0.717) is 31.4 Å². The lowest BCUT2D eigenvalue weighted by atomic mass is 9.91. The summed E-state index contributed by atoms with van der Waals surface area (Å²) >= 11 is 0. The first kappa shape index (κ1) is 7.54. The second-order valence-corrected chi connectivity index (χ2v) is 3.25. The molecule has 0 saturated carbocycles. The average molecular weight is 169 g/mol. The van der Waals surface area contributed by atoms with E-state index in [2.05, 4.69) is 4.99 Å². The van der Waals surface area contributed by atoms with Gasteiger partial charge in [-0.05, 0) is 6.42 Å². The molecule has 0 bridgehead atoms. The lowest BCUT2D eigenvalue weighted by Crippen LogP contribution is -2.64. The van der Waals surface area contributed by atoms with Gasteiger partial charge in [0.2, 0.25) is 0 Å². The van der Waals surface area contributed by atoms with Crippen LogP contribution in [0.4, 0.5) is 0 Å². The summed E-state index contributed by atoms with van der Waals surface area (Å²) in [7, 11) is 0. The van der Waals surface area contributed by atoms with Crippen molar-refractivity contribution in [3.05, 3.63) is 0 Å². The Morgan fingerprint density at radius 1 is 1.75 bits per heavy atom. The van der Waals surface area contributed by atoms with E-state index in [0.717, 1.165) is 0 Å². The highest BCUT2D eigenvalue weighted by molar-refractivity contribution is 5.85. The van der Waals surface area contributed by atoms with Gasteiger partial charge in [0.15, 0.2) is 0 Å². The molecule has 2 aliphatic heterocycles. The Balaban J connectivity index is 2.05. The van der Waals surface area contributed by atoms with Crippen molar-refractivity contribution in [1.29, 1.82) is 0 Å². The molecule has 1 saturated heterocycles. The van der Waals surface area contributed by atoms with Crippen molar-refractivity contribution < 1.29 is 9.90 Å². The molecule has 66 valence electrons. The number of amidine groups is 1. The average Bonchev–Trinajstić information content (AvgIpc) is 1.95. The van der Waals surface area contributed by atoms with Crippen molar-refractivity contribution in [1.82, 2.24) is 4.90 Å². The highest BCUT2D eigenvalue weighted by Gasteiger charge is 2.44. The third-order valence-corrected chi connectivity index (χ3v) is 2.50. The van der Waals surface area contributed by atoms with Crippen molar-refractivity contribution in [3.63, 3.8) is 0 Å². The molecular formula is C7H11N3O2. The fourth-order valence-corrected chi connectivity index (χ4v) is 1.77. The van der Waals surface area contributed by atoms with Crippen LogP contribution in [0.5, 0.6) is 0 Å². The van der Waals surface area contributed by atoms with E-state index >= 15 is 0 Å². The van der Waals surface area contributed by atoms with Crippen molar-refractivity contribution >= 4 is 11.8 Å². The van der Waals surface area contributed by atoms with Gasteiger partial charge in [0.05, 0.1) is 13.1 Å². The van der Waals surface area contributed by atoms with Gasteiger partial charge in [0.25, 0.3) is 0 Å². The highest BCUT2D eigenvalue weighted by Crippen LogP contribution is 2.27. The van der Waals surface area contributed by atoms with Gasteiger partial charge in [-0.25, -0.2) is 0 Å². The number of rotatable bonds is 1. The minimum absolute atomic E-state index is 0.318. The van der Waals surface area contributed by atoms with Crippen LogP contribution in [0.15, 0.2) is 4.99 Å². The number of aliphatic imine (C=N–C) groups is 1. The van der Waals surface area contributed by atoms with Gasteiger partial charge < -0.3 is 10.8 Å². The van der Waals surface area contributed by atoms with Gasteiger partial charge in [-0.1, -0.05) is 0 Å². The minimum atomic E-state index is -0.749. The monoisotopic (exact) mass is 169 g/mol. The van der Waals surface area contributed by atoms with Crippen molar-refractivity contribution in [2.45, 2.75) is 18.5 Å². The third-order valence-electron chi connectivity index (χ3n) is 2.50. The molecule has 2 unspecified atom stereocenters. The Hall–Kier alpha value is -1.10. The fourth-order valence-electron chi connectivity index (χ4n) is 1.77. The second kappa shape index (κ2) is 2.45. The maximum Gasteiger partial charge on any atom is 0.321 e. The second-order valence-electron chi connectivity index (χ2n) is 3.25. The fraction of sp³-hybridized carbons (Fsp3) is 0.714. The first-order valence-corrected chi connectivity index (χ1v) is 3.96. The van der Waals surface area contributed by atoms with Crippen LogP contribution >= 0.6 is 0 Å². The molecule has 12 heavy (non-hydrogen) atoms. The number of fused-ring (bicyclic) bond motifs is 1. The lowest BCUT2D eigenvalue weighted by molar-refractivity contribution is -0.151. The molecule has 0 aromatic heterocycles. The quantitative estimate of drug-likeness (QED) is 0.521. The van der Waals surface area contributed by atoms with E-state index in [1.165, 1.54) is 0 Å². The Labute approximate surface area is 69.9 Å². The Morgan fingerprint density at radius 2 is 2.50 bits per heavy atom. The van der Waals surface area contributed by atoms with Crippen LogP contribution in [0.3, 0.4) is 0 Å². The normalized spacial score (nSPS) is 34.8. The summed E-state index contributed by atoms with van der Waals surface area (Å²) in [5.41, 5.74) is 5.50. The molecule has 0 amide bonds. The van der Waals surface area contributed by atoms with Crippen molar-refractivity contribution in [2.24, 2.45) is 10.7 Å². The first-order chi connectivity index (χ1) is 5.68. The van der Waals surface area contributed by atoms with Gasteiger partial charge in [-0.15, -0.1) is 0 Å². The van der Waals surface area contributed by atoms with E-state index in [-0.39, 0.29) is 6.04 Å². The zero-order valence-electron chi connectivity index (χ0n) is 6.60. The SMILES string of the molecule is NC1=NCC2CC(C(=O)O)N2C1. The van der Waals surface area contributed by atoms with E-state index in [1.807, 2.05) is 4.90 Å². The van der Waals surface area contributed by atoms with Crippen LogP contribution in [0.2, 0.25) is 0 Å². The molecule has 2 heterocycles. The van der Waals surface area contributed by atoms with E-state index in [1.54, 1.807) is 0 Å². The highest BCUT2D eigenvalue weighted by atomic mass is 16.4. The predicted octanol–water partition coefficient (Wildman–Crippen LogP) is -1.12. The van der Waals surface area contributed by atoms with Crippen LogP contribution in [0.25, 0.3) is 0 Å². The number of carboxylic acids is 1. The molecule has 3 N–H and O–H groups in total. The molecule has 0 aromatic carbocycles. The van der Waals surface area contributed by atoms with Crippen LogP contribution in [0, 0.1) is 0 Å². The van der Waals surface area contributed by atoms with Gasteiger partial charge in [-0.2, -0.15) is 0 Å². The molecule has 0 aliphatic carbocycles. The van der Waals surface area contributed by atoms with E-state index in [9.17, 15) is 4.79 Å². The van der Waals surface area contributed by atoms with Gasteiger partial charge in [-0.3, -0.25) is 14.7 Å².